The highest BCUT2D eigenvalue weighted by Gasteiger charge is 2.12. The average molecular weight is 303 g/mol. The van der Waals surface area contributed by atoms with Crippen LogP contribution in [0.3, 0.4) is 0 Å². The van der Waals surface area contributed by atoms with Crippen molar-refractivity contribution in [1.29, 1.82) is 0 Å². The minimum atomic E-state index is -0.770. The van der Waals surface area contributed by atoms with Crippen molar-refractivity contribution in [3.63, 3.8) is 0 Å². The molecule has 5 nitrogen and oxygen atoms in total. The Morgan fingerprint density at radius 2 is 1.64 bits per heavy atom. The number of nitrogens with one attached hydrogen (secondary N) is 1. The first-order chi connectivity index (χ1) is 10.5. The lowest BCUT2D eigenvalue weighted by Gasteiger charge is -2.18. The van der Waals surface area contributed by atoms with Crippen LogP contribution in [0.1, 0.15) is 24.2 Å². The quantitative estimate of drug-likeness (QED) is 0.527. The van der Waals surface area contributed by atoms with Crippen LogP contribution >= 0.6 is 0 Å². The molecule has 1 unspecified atom stereocenters. The molecule has 0 radical (unpaired) electrons. The van der Waals surface area contributed by atoms with Gasteiger partial charge >= 0.3 is 0 Å². The molecular weight excluding hydrogens is 282 g/mol. The summed E-state index contributed by atoms with van der Waals surface area (Å²) in [6.45, 7) is 2.34. The Labute approximate surface area is 129 Å². The first-order valence-corrected chi connectivity index (χ1v) is 7.17. The number of benzene rings is 2. The topological polar surface area (TPSA) is 93.0 Å². The Bertz CT molecular complexity index is 613. The van der Waals surface area contributed by atoms with E-state index >= 15 is 0 Å². The van der Waals surface area contributed by atoms with E-state index in [1.807, 2.05) is 19.1 Å². The Morgan fingerprint density at radius 1 is 0.955 bits per heavy atom. The van der Waals surface area contributed by atoms with Crippen LogP contribution in [0.15, 0.2) is 42.5 Å². The van der Waals surface area contributed by atoms with E-state index in [1.54, 1.807) is 18.2 Å². The number of hydrogen-bond acceptors (Lipinski definition) is 5. The van der Waals surface area contributed by atoms with Gasteiger partial charge in [-0.1, -0.05) is 18.2 Å². The van der Waals surface area contributed by atoms with Crippen molar-refractivity contribution in [1.82, 2.24) is 5.32 Å². The number of rotatable bonds is 6. The molecule has 0 saturated heterocycles. The van der Waals surface area contributed by atoms with E-state index in [0.717, 1.165) is 12.0 Å². The summed E-state index contributed by atoms with van der Waals surface area (Å²) >= 11 is 0. The summed E-state index contributed by atoms with van der Waals surface area (Å²) in [4.78, 5) is 0. The molecule has 0 bridgehead atoms. The van der Waals surface area contributed by atoms with Crippen LogP contribution in [0, 0.1) is 0 Å². The maximum Gasteiger partial charge on any atom is 0.157 e. The molecule has 2 aromatic carbocycles. The Morgan fingerprint density at radius 3 is 2.27 bits per heavy atom. The number of phenolic OH excluding ortho intramolecular Hbond substituents is 3. The zero-order chi connectivity index (χ0) is 16.1. The molecule has 0 heterocycles. The molecule has 5 heteroatoms. The highest BCUT2D eigenvalue weighted by Crippen LogP contribution is 2.27. The standard InChI is InChI=1S/C17H21NO4/c1-11(8-12-2-5-14(19)6-3-12)18-10-17(22)13-4-7-15(20)16(21)9-13/h2-7,9,11,17-22H,8,10H2,1H3/t11?,17-/m0/s1. The molecule has 0 fully saturated rings. The van der Waals surface area contributed by atoms with Crippen LogP contribution in [0.25, 0.3) is 0 Å². The second kappa shape index (κ2) is 7.15. The van der Waals surface area contributed by atoms with Crippen molar-refractivity contribution in [2.24, 2.45) is 0 Å². The number of phenols is 3. The second-order valence-corrected chi connectivity index (χ2v) is 5.44. The lowest BCUT2D eigenvalue weighted by molar-refractivity contribution is 0.170. The van der Waals surface area contributed by atoms with Crippen molar-refractivity contribution >= 4 is 0 Å². The zero-order valence-corrected chi connectivity index (χ0v) is 12.4. The van der Waals surface area contributed by atoms with Crippen molar-refractivity contribution in [2.45, 2.75) is 25.5 Å². The molecular formula is C17H21NO4. The highest BCUT2D eigenvalue weighted by atomic mass is 16.3. The third-order valence-corrected chi connectivity index (χ3v) is 3.52. The highest BCUT2D eigenvalue weighted by molar-refractivity contribution is 5.41. The molecule has 5 N–H and O–H groups in total. The van der Waals surface area contributed by atoms with E-state index in [1.165, 1.54) is 12.1 Å². The van der Waals surface area contributed by atoms with Crippen LogP contribution in [0.2, 0.25) is 0 Å². The normalized spacial score (nSPS) is 13.7. The van der Waals surface area contributed by atoms with Gasteiger partial charge in [-0.15, -0.1) is 0 Å². The van der Waals surface area contributed by atoms with Crippen molar-refractivity contribution in [3.05, 3.63) is 53.6 Å². The van der Waals surface area contributed by atoms with Gasteiger partial charge in [0.15, 0.2) is 11.5 Å². The minimum absolute atomic E-state index is 0.143. The van der Waals surface area contributed by atoms with Crippen LogP contribution in [0.4, 0.5) is 0 Å². The summed E-state index contributed by atoms with van der Waals surface area (Å²) in [6, 6.07) is 11.5. The molecule has 0 aliphatic rings. The maximum absolute atomic E-state index is 10.1. The van der Waals surface area contributed by atoms with E-state index in [0.29, 0.717) is 12.1 Å². The molecule has 0 saturated carbocycles. The molecule has 0 aliphatic carbocycles. The fourth-order valence-electron chi connectivity index (χ4n) is 2.24. The lowest BCUT2D eigenvalue weighted by atomic mass is 10.1. The van der Waals surface area contributed by atoms with Crippen molar-refractivity contribution in [3.8, 4) is 17.2 Å². The number of aliphatic hydroxyl groups excluding tert-OH is 1. The van der Waals surface area contributed by atoms with Gasteiger partial charge in [0, 0.05) is 12.6 Å². The Hall–Kier alpha value is -2.24. The first kappa shape index (κ1) is 16.1. The Balaban J connectivity index is 1.85. The van der Waals surface area contributed by atoms with E-state index in [9.17, 15) is 20.4 Å². The fraction of sp³-hybridized carbons (Fsp3) is 0.294. The van der Waals surface area contributed by atoms with Crippen LogP contribution in [-0.4, -0.2) is 33.0 Å². The molecule has 0 aromatic heterocycles. The minimum Gasteiger partial charge on any atom is -0.508 e. The van der Waals surface area contributed by atoms with Crippen molar-refractivity contribution in [2.75, 3.05) is 6.54 Å². The van der Waals surface area contributed by atoms with Gasteiger partial charge in [0.1, 0.15) is 5.75 Å². The van der Waals surface area contributed by atoms with Gasteiger partial charge in [0.05, 0.1) is 6.10 Å². The third-order valence-electron chi connectivity index (χ3n) is 3.52. The summed E-state index contributed by atoms with van der Waals surface area (Å²) in [5, 5.41) is 41.3. The molecule has 118 valence electrons. The largest absolute Gasteiger partial charge is 0.508 e. The first-order valence-electron chi connectivity index (χ1n) is 7.17. The van der Waals surface area contributed by atoms with Crippen LogP contribution in [-0.2, 0) is 6.42 Å². The molecule has 0 aliphatic heterocycles. The summed E-state index contributed by atoms with van der Waals surface area (Å²) in [6.07, 6.45) is 0.00200. The van der Waals surface area contributed by atoms with Gasteiger partial charge in [-0.3, -0.25) is 0 Å². The van der Waals surface area contributed by atoms with Crippen LogP contribution in [0.5, 0.6) is 17.2 Å². The second-order valence-electron chi connectivity index (χ2n) is 5.44. The van der Waals surface area contributed by atoms with Crippen LogP contribution < -0.4 is 5.32 Å². The Kier molecular flexibility index (Phi) is 5.25. The van der Waals surface area contributed by atoms with Gasteiger partial charge in [0.25, 0.3) is 0 Å². The SMILES string of the molecule is CC(Cc1ccc(O)cc1)NC[C@H](O)c1ccc(O)c(O)c1. The summed E-state index contributed by atoms with van der Waals surface area (Å²) in [7, 11) is 0. The smallest absolute Gasteiger partial charge is 0.157 e. The van der Waals surface area contributed by atoms with E-state index in [4.69, 9.17) is 0 Å². The molecule has 0 amide bonds. The molecule has 2 rings (SSSR count). The van der Waals surface area contributed by atoms with E-state index < -0.39 is 6.10 Å². The summed E-state index contributed by atoms with van der Waals surface area (Å²) < 4.78 is 0. The molecule has 0 spiro atoms. The van der Waals surface area contributed by atoms with Gasteiger partial charge < -0.3 is 25.7 Å². The summed E-state index contributed by atoms with van der Waals surface area (Å²) in [5.41, 5.74) is 1.63. The predicted molar refractivity (Wildman–Crippen MR) is 84.0 cm³/mol. The average Bonchev–Trinajstić information content (AvgIpc) is 2.50. The predicted octanol–water partition coefficient (Wildman–Crippen LogP) is 2.06. The number of aliphatic hydroxyl groups is 1. The van der Waals surface area contributed by atoms with Gasteiger partial charge in [-0.2, -0.15) is 0 Å². The lowest BCUT2D eigenvalue weighted by Crippen LogP contribution is -2.32. The maximum atomic E-state index is 10.1. The van der Waals surface area contributed by atoms with E-state index in [2.05, 4.69) is 5.32 Å². The van der Waals surface area contributed by atoms with E-state index in [-0.39, 0.29) is 23.3 Å². The zero-order valence-electron chi connectivity index (χ0n) is 12.4. The van der Waals surface area contributed by atoms with Crippen molar-refractivity contribution < 1.29 is 20.4 Å². The molecule has 2 atom stereocenters. The fourth-order valence-corrected chi connectivity index (χ4v) is 2.24. The number of aromatic hydroxyl groups is 3. The third kappa shape index (κ3) is 4.38. The van der Waals surface area contributed by atoms with Gasteiger partial charge in [-0.05, 0) is 48.7 Å². The van der Waals surface area contributed by atoms with Gasteiger partial charge in [0.2, 0.25) is 0 Å². The van der Waals surface area contributed by atoms with Gasteiger partial charge in [-0.25, -0.2) is 0 Å². The number of hydrogen-bond donors (Lipinski definition) is 5. The summed E-state index contributed by atoms with van der Waals surface area (Å²) in [5.74, 6) is -0.203. The monoisotopic (exact) mass is 303 g/mol. The molecule has 22 heavy (non-hydrogen) atoms. The molecule has 2 aromatic rings.